The Morgan fingerprint density at radius 2 is 2.22 bits per heavy atom. The van der Waals surface area contributed by atoms with E-state index in [-0.39, 0.29) is 17.6 Å². The van der Waals surface area contributed by atoms with E-state index in [0.717, 1.165) is 12.1 Å². The van der Waals surface area contributed by atoms with Crippen molar-refractivity contribution in [2.24, 2.45) is 0 Å². The maximum Gasteiger partial charge on any atom is 0.170 e. The summed E-state index contributed by atoms with van der Waals surface area (Å²) in [7, 11) is 1.48. The van der Waals surface area contributed by atoms with Crippen LogP contribution < -0.4 is 10.1 Å². The van der Waals surface area contributed by atoms with Gasteiger partial charge in [0.25, 0.3) is 0 Å². The number of hydrogen-bond acceptors (Lipinski definition) is 3. The first kappa shape index (κ1) is 13.1. The maximum absolute atomic E-state index is 14.3. The van der Waals surface area contributed by atoms with Crippen LogP contribution in [0, 0.1) is 5.82 Å². The van der Waals surface area contributed by atoms with Gasteiger partial charge in [-0.3, -0.25) is 0 Å². The second-order valence-electron chi connectivity index (χ2n) is 3.91. The van der Waals surface area contributed by atoms with Gasteiger partial charge >= 0.3 is 0 Å². The summed E-state index contributed by atoms with van der Waals surface area (Å²) in [5.74, 6) is -0.0113. The van der Waals surface area contributed by atoms with Crippen LogP contribution in [0.15, 0.2) is 35.0 Å². The monoisotopic (exact) mass is 265 g/mol. The van der Waals surface area contributed by atoms with E-state index in [0.29, 0.717) is 5.56 Å². The summed E-state index contributed by atoms with van der Waals surface area (Å²) in [5.41, 5.74) is 1.70. The van der Waals surface area contributed by atoms with Gasteiger partial charge in [-0.05, 0) is 35.0 Å². The van der Waals surface area contributed by atoms with Crippen LogP contribution in [-0.2, 0) is 0 Å². The molecular weight excluding hydrogens is 249 g/mol. The molecule has 18 heavy (non-hydrogen) atoms. The zero-order chi connectivity index (χ0) is 13.0. The fourth-order valence-electron chi connectivity index (χ4n) is 1.96. The van der Waals surface area contributed by atoms with Crippen molar-refractivity contribution in [2.45, 2.75) is 13.0 Å². The minimum absolute atomic E-state index is 0.128. The third kappa shape index (κ3) is 2.54. The number of halogens is 1. The van der Waals surface area contributed by atoms with E-state index in [1.54, 1.807) is 23.5 Å². The van der Waals surface area contributed by atoms with Gasteiger partial charge in [0.1, 0.15) is 0 Å². The number of thiophene rings is 1. The molecule has 0 bridgehead atoms. The van der Waals surface area contributed by atoms with Crippen molar-refractivity contribution in [3.8, 4) is 5.75 Å². The van der Waals surface area contributed by atoms with Gasteiger partial charge in [-0.1, -0.05) is 19.1 Å². The summed E-state index contributed by atoms with van der Waals surface area (Å²) < 4.78 is 19.3. The molecule has 0 saturated carbocycles. The molecule has 1 aromatic carbocycles. The Morgan fingerprint density at radius 3 is 2.83 bits per heavy atom. The van der Waals surface area contributed by atoms with Gasteiger partial charge in [0, 0.05) is 5.56 Å². The Balaban J connectivity index is 2.43. The lowest BCUT2D eigenvalue weighted by atomic mass is 10.0. The molecule has 0 amide bonds. The number of hydrogen-bond donors (Lipinski definition) is 1. The minimum Gasteiger partial charge on any atom is -0.494 e. The highest BCUT2D eigenvalue weighted by atomic mass is 32.1. The average molecular weight is 265 g/mol. The predicted molar refractivity (Wildman–Crippen MR) is 72.8 cm³/mol. The Morgan fingerprint density at radius 1 is 1.39 bits per heavy atom. The maximum atomic E-state index is 14.3. The molecule has 4 heteroatoms. The highest BCUT2D eigenvalue weighted by molar-refractivity contribution is 7.08. The van der Waals surface area contributed by atoms with Gasteiger partial charge in [0.05, 0.1) is 13.2 Å². The summed E-state index contributed by atoms with van der Waals surface area (Å²) in [6.45, 7) is 2.79. The molecule has 0 radical (unpaired) electrons. The van der Waals surface area contributed by atoms with Crippen molar-refractivity contribution in [2.75, 3.05) is 13.7 Å². The second kappa shape index (κ2) is 5.98. The van der Waals surface area contributed by atoms with E-state index in [1.807, 2.05) is 29.8 Å². The molecule has 0 fully saturated rings. The molecule has 0 spiro atoms. The first-order chi connectivity index (χ1) is 8.77. The van der Waals surface area contributed by atoms with Crippen LogP contribution in [-0.4, -0.2) is 13.7 Å². The number of benzene rings is 1. The van der Waals surface area contributed by atoms with E-state index in [2.05, 4.69) is 5.32 Å². The van der Waals surface area contributed by atoms with E-state index in [9.17, 15) is 4.39 Å². The fraction of sp³-hybridized carbons (Fsp3) is 0.286. The van der Waals surface area contributed by atoms with Crippen molar-refractivity contribution in [1.82, 2.24) is 5.32 Å². The van der Waals surface area contributed by atoms with Crippen LogP contribution in [0.1, 0.15) is 24.1 Å². The number of ether oxygens (including phenoxy) is 1. The highest BCUT2D eigenvalue weighted by Gasteiger charge is 2.19. The van der Waals surface area contributed by atoms with Gasteiger partial charge in [0.2, 0.25) is 0 Å². The first-order valence-electron chi connectivity index (χ1n) is 5.85. The predicted octanol–water partition coefficient (Wildman–Crippen LogP) is 3.59. The SMILES string of the molecule is CCNC(c1ccsc1)c1cccc(OC)c1F. The Bertz CT molecular complexity index is 499. The molecule has 2 aromatic rings. The third-order valence-electron chi connectivity index (χ3n) is 2.81. The fourth-order valence-corrected chi connectivity index (χ4v) is 2.65. The summed E-state index contributed by atoms with van der Waals surface area (Å²) in [6, 6.07) is 7.12. The zero-order valence-corrected chi connectivity index (χ0v) is 11.3. The van der Waals surface area contributed by atoms with E-state index < -0.39 is 0 Å². The average Bonchev–Trinajstić information content (AvgIpc) is 2.90. The molecule has 0 aliphatic heterocycles. The van der Waals surface area contributed by atoms with Crippen LogP contribution in [0.3, 0.4) is 0 Å². The summed E-state index contributed by atoms with van der Waals surface area (Å²) in [5, 5.41) is 7.34. The highest BCUT2D eigenvalue weighted by Crippen LogP contribution is 2.30. The molecule has 0 saturated heterocycles. The van der Waals surface area contributed by atoms with Crippen LogP contribution in [0.2, 0.25) is 0 Å². The molecule has 96 valence electrons. The molecule has 0 aliphatic rings. The molecule has 1 unspecified atom stereocenters. The van der Waals surface area contributed by atoms with Gasteiger partial charge in [0.15, 0.2) is 11.6 Å². The summed E-state index contributed by atoms with van der Waals surface area (Å²) >= 11 is 1.61. The number of rotatable bonds is 5. The van der Waals surface area contributed by atoms with Gasteiger partial charge in [-0.25, -0.2) is 4.39 Å². The molecule has 1 aromatic heterocycles. The van der Waals surface area contributed by atoms with E-state index in [4.69, 9.17) is 4.74 Å². The van der Waals surface area contributed by atoms with Crippen molar-refractivity contribution < 1.29 is 9.13 Å². The lowest BCUT2D eigenvalue weighted by Crippen LogP contribution is -2.22. The Hall–Kier alpha value is -1.39. The summed E-state index contributed by atoms with van der Waals surface area (Å²) in [4.78, 5) is 0. The number of nitrogens with one attached hydrogen (secondary N) is 1. The normalized spacial score (nSPS) is 12.4. The zero-order valence-electron chi connectivity index (χ0n) is 10.4. The standard InChI is InChI=1S/C14H16FNOS/c1-3-16-14(10-7-8-18-9-10)11-5-4-6-12(17-2)13(11)15/h4-9,14,16H,3H2,1-2H3. The minimum atomic E-state index is -0.294. The van der Waals surface area contributed by atoms with E-state index in [1.165, 1.54) is 7.11 Å². The van der Waals surface area contributed by atoms with Crippen molar-refractivity contribution >= 4 is 11.3 Å². The molecule has 1 atom stereocenters. The van der Waals surface area contributed by atoms with Crippen molar-refractivity contribution in [3.05, 3.63) is 52.0 Å². The van der Waals surface area contributed by atoms with Crippen LogP contribution >= 0.6 is 11.3 Å². The second-order valence-corrected chi connectivity index (χ2v) is 4.69. The van der Waals surface area contributed by atoms with Crippen LogP contribution in [0.5, 0.6) is 5.75 Å². The molecule has 2 nitrogen and oxygen atoms in total. The van der Waals surface area contributed by atoms with Gasteiger partial charge < -0.3 is 10.1 Å². The third-order valence-corrected chi connectivity index (χ3v) is 3.51. The Labute approximate surface area is 110 Å². The van der Waals surface area contributed by atoms with Crippen LogP contribution in [0.4, 0.5) is 4.39 Å². The quantitative estimate of drug-likeness (QED) is 0.892. The smallest absolute Gasteiger partial charge is 0.170 e. The molecular formula is C14H16FNOS. The molecule has 1 heterocycles. The molecule has 1 N–H and O–H groups in total. The molecule has 0 aliphatic carbocycles. The lowest BCUT2D eigenvalue weighted by Gasteiger charge is -2.19. The van der Waals surface area contributed by atoms with Gasteiger partial charge in [-0.2, -0.15) is 11.3 Å². The van der Waals surface area contributed by atoms with Crippen molar-refractivity contribution in [3.63, 3.8) is 0 Å². The van der Waals surface area contributed by atoms with Crippen molar-refractivity contribution in [1.29, 1.82) is 0 Å². The van der Waals surface area contributed by atoms with Gasteiger partial charge in [-0.15, -0.1) is 0 Å². The topological polar surface area (TPSA) is 21.3 Å². The van der Waals surface area contributed by atoms with Crippen LogP contribution in [0.25, 0.3) is 0 Å². The lowest BCUT2D eigenvalue weighted by molar-refractivity contribution is 0.382. The first-order valence-corrected chi connectivity index (χ1v) is 6.80. The Kier molecular flexibility index (Phi) is 4.33. The van der Waals surface area contributed by atoms with E-state index >= 15 is 0 Å². The largest absolute Gasteiger partial charge is 0.494 e. The number of methoxy groups -OCH3 is 1. The molecule has 2 rings (SSSR count). The summed E-state index contributed by atoms with van der Waals surface area (Å²) in [6.07, 6.45) is 0.